The van der Waals surface area contributed by atoms with E-state index in [-0.39, 0.29) is 0 Å². The van der Waals surface area contributed by atoms with Crippen LogP contribution in [0.1, 0.15) is 27.1 Å². The minimum absolute atomic E-state index is 0.949. The number of nitrogens with one attached hydrogen (secondary N) is 1. The Morgan fingerprint density at radius 1 is 1.00 bits per heavy atom. The van der Waals surface area contributed by atoms with E-state index in [1.165, 1.54) is 27.1 Å². The minimum Gasteiger partial charge on any atom is -0.308 e. The number of thiophene rings is 1. The average Bonchev–Trinajstić information content (AvgIpc) is 2.70. The molecule has 90 valence electrons. The van der Waals surface area contributed by atoms with Crippen LogP contribution < -0.4 is 5.32 Å². The summed E-state index contributed by atoms with van der Waals surface area (Å²) in [5, 5.41) is 5.68. The van der Waals surface area contributed by atoms with Gasteiger partial charge in [0.1, 0.15) is 0 Å². The van der Waals surface area contributed by atoms with Crippen molar-refractivity contribution in [2.75, 3.05) is 0 Å². The van der Waals surface area contributed by atoms with Crippen LogP contribution in [0, 0.1) is 20.8 Å². The van der Waals surface area contributed by atoms with Gasteiger partial charge in [0.15, 0.2) is 0 Å². The van der Waals surface area contributed by atoms with Crippen LogP contribution in [-0.2, 0) is 13.1 Å². The Morgan fingerprint density at radius 2 is 1.82 bits per heavy atom. The zero-order chi connectivity index (χ0) is 12.3. The normalized spacial score (nSPS) is 10.8. The number of rotatable bonds is 4. The lowest BCUT2D eigenvalue weighted by atomic mass is 10.1. The molecule has 1 aromatic carbocycles. The van der Waals surface area contributed by atoms with Crippen LogP contribution in [0.25, 0.3) is 0 Å². The van der Waals surface area contributed by atoms with Crippen molar-refractivity contribution in [3.8, 4) is 0 Å². The summed E-state index contributed by atoms with van der Waals surface area (Å²) in [7, 11) is 0. The van der Waals surface area contributed by atoms with E-state index in [1.54, 1.807) is 0 Å². The molecule has 0 fully saturated rings. The molecule has 0 amide bonds. The van der Waals surface area contributed by atoms with E-state index >= 15 is 0 Å². The number of hydrogen-bond acceptors (Lipinski definition) is 2. The highest BCUT2D eigenvalue weighted by molar-refractivity contribution is 7.10. The summed E-state index contributed by atoms with van der Waals surface area (Å²) in [5.74, 6) is 0. The summed E-state index contributed by atoms with van der Waals surface area (Å²) in [4.78, 5) is 1.44. The monoisotopic (exact) mass is 245 g/mol. The van der Waals surface area contributed by atoms with Gasteiger partial charge in [-0.1, -0.05) is 23.8 Å². The molecule has 0 radical (unpaired) electrons. The summed E-state index contributed by atoms with van der Waals surface area (Å²) < 4.78 is 0. The maximum absolute atomic E-state index is 3.52. The maximum Gasteiger partial charge on any atom is 0.0305 e. The summed E-state index contributed by atoms with van der Waals surface area (Å²) in [6.07, 6.45) is 0. The highest BCUT2D eigenvalue weighted by Gasteiger charge is 2.01. The van der Waals surface area contributed by atoms with Gasteiger partial charge >= 0.3 is 0 Å². The minimum atomic E-state index is 0.949. The fraction of sp³-hybridized carbons (Fsp3) is 0.333. The first-order chi connectivity index (χ1) is 8.16. The molecule has 0 aliphatic carbocycles. The van der Waals surface area contributed by atoms with E-state index < -0.39 is 0 Å². The van der Waals surface area contributed by atoms with E-state index in [0.29, 0.717) is 0 Å². The molecule has 0 atom stereocenters. The van der Waals surface area contributed by atoms with E-state index in [4.69, 9.17) is 0 Å². The first kappa shape index (κ1) is 12.3. The predicted octanol–water partition coefficient (Wildman–Crippen LogP) is 3.96. The van der Waals surface area contributed by atoms with Crippen molar-refractivity contribution in [2.45, 2.75) is 33.9 Å². The molecular weight excluding hydrogens is 226 g/mol. The van der Waals surface area contributed by atoms with Gasteiger partial charge in [-0.05, 0) is 48.9 Å². The Hall–Kier alpha value is -1.12. The predicted molar refractivity (Wildman–Crippen MR) is 75.5 cm³/mol. The molecule has 1 N–H and O–H groups in total. The first-order valence-corrected chi connectivity index (χ1v) is 6.84. The van der Waals surface area contributed by atoms with Gasteiger partial charge in [0.25, 0.3) is 0 Å². The van der Waals surface area contributed by atoms with Gasteiger partial charge in [0, 0.05) is 18.0 Å². The van der Waals surface area contributed by atoms with Crippen molar-refractivity contribution in [3.63, 3.8) is 0 Å². The lowest BCUT2D eigenvalue weighted by Gasteiger charge is -2.08. The highest BCUT2D eigenvalue weighted by atomic mass is 32.1. The number of hydrogen-bond donors (Lipinski definition) is 1. The number of benzene rings is 1. The van der Waals surface area contributed by atoms with Gasteiger partial charge in [-0.3, -0.25) is 0 Å². The van der Waals surface area contributed by atoms with E-state index in [0.717, 1.165) is 13.1 Å². The average molecular weight is 245 g/mol. The molecule has 17 heavy (non-hydrogen) atoms. The molecule has 0 aliphatic heterocycles. The number of aryl methyl sites for hydroxylation is 3. The summed E-state index contributed by atoms with van der Waals surface area (Å²) in [5.41, 5.74) is 5.49. The molecule has 2 aromatic rings. The van der Waals surface area contributed by atoms with Crippen LogP contribution in [0.15, 0.2) is 29.6 Å². The standard InChI is InChI=1S/C15H19NS/c1-11-4-5-12(2)14(8-11)9-16-10-15-13(3)6-7-17-15/h4-8,16H,9-10H2,1-3H3. The molecule has 1 nitrogen and oxygen atoms in total. The second-order valence-corrected chi connectivity index (χ2v) is 5.56. The second-order valence-electron chi connectivity index (χ2n) is 4.56. The van der Waals surface area contributed by atoms with Crippen LogP contribution in [0.5, 0.6) is 0 Å². The Morgan fingerprint density at radius 3 is 2.53 bits per heavy atom. The highest BCUT2D eigenvalue weighted by Crippen LogP contribution is 2.15. The lowest BCUT2D eigenvalue weighted by Crippen LogP contribution is -2.13. The second kappa shape index (κ2) is 5.48. The van der Waals surface area contributed by atoms with Crippen molar-refractivity contribution in [1.29, 1.82) is 0 Å². The van der Waals surface area contributed by atoms with Gasteiger partial charge in [0.2, 0.25) is 0 Å². The Balaban J connectivity index is 1.94. The fourth-order valence-electron chi connectivity index (χ4n) is 1.89. The SMILES string of the molecule is Cc1ccc(C)c(CNCc2sccc2C)c1. The first-order valence-electron chi connectivity index (χ1n) is 5.96. The molecule has 0 unspecified atom stereocenters. The van der Waals surface area contributed by atoms with Crippen molar-refractivity contribution in [3.05, 3.63) is 56.8 Å². The van der Waals surface area contributed by atoms with Crippen molar-refractivity contribution in [2.24, 2.45) is 0 Å². The molecule has 0 saturated heterocycles. The van der Waals surface area contributed by atoms with Crippen LogP contribution in [0.4, 0.5) is 0 Å². The third-order valence-corrected chi connectivity index (χ3v) is 4.10. The van der Waals surface area contributed by atoms with Gasteiger partial charge in [-0.2, -0.15) is 0 Å². The van der Waals surface area contributed by atoms with E-state index in [1.807, 2.05) is 11.3 Å². The van der Waals surface area contributed by atoms with Crippen molar-refractivity contribution < 1.29 is 0 Å². The van der Waals surface area contributed by atoms with Crippen LogP contribution in [-0.4, -0.2) is 0 Å². The zero-order valence-electron chi connectivity index (χ0n) is 10.7. The van der Waals surface area contributed by atoms with Crippen LogP contribution in [0.3, 0.4) is 0 Å². The van der Waals surface area contributed by atoms with Crippen molar-refractivity contribution in [1.82, 2.24) is 5.32 Å². The van der Waals surface area contributed by atoms with Gasteiger partial charge in [0.05, 0.1) is 0 Å². The molecule has 0 spiro atoms. The molecule has 1 heterocycles. The molecule has 2 rings (SSSR count). The lowest BCUT2D eigenvalue weighted by molar-refractivity contribution is 0.695. The molecule has 2 heteroatoms. The fourth-order valence-corrected chi connectivity index (χ4v) is 2.76. The van der Waals surface area contributed by atoms with Gasteiger partial charge < -0.3 is 5.32 Å². The Bertz CT molecular complexity index is 499. The van der Waals surface area contributed by atoms with E-state index in [9.17, 15) is 0 Å². The third-order valence-electron chi connectivity index (χ3n) is 3.07. The molecular formula is C15H19NS. The molecule has 0 aliphatic rings. The summed E-state index contributed by atoms with van der Waals surface area (Å²) in [6.45, 7) is 8.41. The molecule has 0 bridgehead atoms. The van der Waals surface area contributed by atoms with E-state index in [2.05, 4.69) is 55.7 Å². The van der Waals surface area contributed by atoms with Gasteiger partial charge in [-0.15, -0.1) is 11.3 Å². The topological polar surface area (TPSA) is 12.0 Å². The van der Waals surface area contributed by atoms with Gasteiger partial charge in [-0.25, -0.2) is 0 Å². The zero-order valence-corrected chi connectivity index (χ0v) is 11.5. The maximum atomic E-state index is 3.52. The summed E-state index contributed by atoms with van der Waals surface area (Å²) >= 11 is 1.83. The van der Waals surface area contributed by atoms with Crippen LogP contribution in [0.2, 0.25) is 0 Å². The summed E-state index contributed by atoms with van der Waals surface area (Å²) in [6, 6.07) is 8.81. The Labute approximate surface area is 108 Å². The largest absolute Gasteiger partial charge is 0.308 e. The molecule has 1 aromatic heterocycles. The Kier molecular flexibility index (Phi) is 3.97. The van der Waals surface area contributed by atoms with Crippen molar-refractivity contribution >= 4 is 11.3 Å². The quantitative estimate of drug-likeness (QED) is 0.859. The molecule has 0 saturated carbocycles. The smallest absolute Gasteiger partial charge is 0.0305 e. The third kappa shape index (κ3) is 3.18. The van der Waals surface area contributed by atoms with Crippen LogP contribution >= 0.6 is 11.3 Å².